The summed E-state index contributed by atoms with van der Waals surface area (Å²) in [6.07, 6.45) is 6.13. The number of hydrogen-bond acceptors (Lipinski definition) is 0. The fourth-order valence-electron chi connectivity index (χ4n) is 2.03. The minimum Gasteiger partial charge on any atom is -0.0622 e. The highest BCUT2D eigenvalue weighted by Gasteiger charge is 2.37. The average Bonchev–Trinajstić information content (AvgIpc) is 2.71. The van der Waals surface area contributed by atoms with E-state index in [1.807, 2.05) is 0 Å². The second-order valence-corrected chi connectivity index (χ2v) is 4.52. The van der Waals surface area contributed by atoms with Crippen LogP contribution in [-0.4, -0.2) is 0 Å². The predicted octanol–water partition coefficient (Wildman–Crippen LogP) is 3.08. The van der Waals surface area contributed by atoms with Crippen LogP contribution in [0, 0.1) is 23.7 Å². The molecule has 0 amide bonds. The van der Waals surface area contributed by atoms with Gasteiger partial charge in [-0.2, -0.15) is 0 Å². The highest BCUT2D eigenvalue weighted by atomic mass is 14.4. The first-order valence-corrected chi connectivity index (χ1v) is 4.77. The molecule has 0 aliphatic heterocycles. The summed E-state index contributed by atoms with van der Waals surface area (Å²) in [4.78, 5) is 0. The molecule has 0 bridgehead atoms. The van der Waals surface area contributed by atoms with Gasteiger partial charge in [0.1, 0.15) is 0 Å². The average molecular weight is 138 g/mol. The van der Waals surface area contributed by atoms with E-state index in [2.05, 4.69) is 13.8 Å². The van der Waals surface area contributed by atoms with Gasteiger partial charge in [-0.3, -0.25) is 0 Å². The van der Waals surface area contributed by atoms with E-state index in [-0.39, 0.29) is 0 Å². The van der Waals surface area contributed by atoms with Crippen LogP contribution in [0.4, 0.5) is 0 Å². The van der Waals surface area contributed by atoms with E-state index >= 15 is 0 Å². The lowest BCUT2D eigenvalue weighted by molar-refractivity contribution is 0.568. The van der Waals surface area contributed by atoms with E-state index in [1.54, 1.807) is 0 Å². The van der Waals surface area contributed by atoms with E-state index < -0.39 is 0 Å². The SMILES string of the molecule is CC1CC1CC[C@H]1C[C@@H]1C. The molecule has 0 N–H and O–H groups in total. The van der Waals surface area contributed by atoms with Gasteiger partial charge in [-0.05, 0) is 49.4 Å². The Morgan fingerprint density at radius 1 is 0.900 bits per heavy atom. The Labute approximate surface area is 64.0 Å². The van der Waals surface area contributed by atoms with Crippen LogP contribution in [0.1, 0.15) is 39.5 Å². The van der Waals surface area contributed by atoms with Crippen molar-refractivity contribution >= 4 is 0 Å². The molecule has 0 aromatic carbocycles. The molecule has 2 aliphatic carbocycles. The maximum absolute atomic E-state index is 2.39. The van der Waals surface area contributed by atoms with Gasteiger partial charge in [0.25, 0.3) is 0 Å². The van der Waals surface area contributed by atoms with Crippen LogP contribution >= 0.6 is 0 Å². The second kappa shape index (κ2) is 2.25. The molecule has 2 saturated carbocycles. The molecular weight excluding hydrogens is 120 g/mol. The maximum Gasteiger partial charge on any atom is -0.0386 e. The fraction of sp³-hybridized carbons (Fsp3) is 1.00. The molecule has 0 spiro atoms. The first-order chi connectivity index (χ1) is 4.77. The van der Waals surface area contributed by atoms with Gasteiger partial charge in [0.15, 0.2) is 0 Å². The first-order valence-electron chi connectivity index (χ1n) is 4.77. The first kappa shape index (κ1) is 6.69. The van der Waals surface area contributed by atoms with Crippen molar-refractivity contribution in [1.29, 1.82) is 0 Å². The van der Waals surface area contributed by atoms with Crippen molar-refractivity contribution in [3.8, 4) is 0 Å². The van der Waals surface area contributed by atoms with Crippen LogP contribution in [0.25, 0.3) is 0 Å². The quantitative estimate of drug-likeness (QED) is 0.562. The van der Waals surface area contributed by atoms with Crippen molar-refractivity contribution < 1.29 is 0 Å². The van der Waals surface area contributed by atoms with E-state index in [0.717, 1.165) is 23.7 Å². The summed E-state index contributed by atoms with van der Waals surface area (Å²) in [6, 6.07) is 0. The summed E-state index contributed by atoms with van der Waals surface area (Å²) >= 11 is 0. The summed E-state index contributed by atoms with van der Waals surface area (Å²) in [7, 11) is 0. The zero-order valence-electron chi connectivity index (χ0n) is 7.14. The van der Waals surface area contributed by atoms with Crippen molar-refractivity contribution in [2.24, 2.45) is 23.7 Å². The number of hydrogen-bond donors (Lipinski definition) is 0. The van der Waals surface area contributed by atoms with Gasteiger partial charge in [-0.15, -0.1) is 0 Å². The smallest absolute Gasteiger partial charge is 0.0386 e. The molecule has 2 rings (SSSR count). The second-order valence-electron chi connectivity index (χ2n) is 4.52. The Bertz CT molecular complexity index is 112. The Morgan fingerprint density at radius 3 is 1.40 bits per heavy atom. The highest BCUT2D eigenvalue weighted by Crippen LogP contribution is 2.47. The van der Waals surface area contributed by atoms with Gasteiger partial charge in [-0.1, -0.05) is 13.8 Å². The zero-order valence-corrected chi connectivity index (χ0v) is 7.14. The Morgan fingerprint density at radius 2 is 1.20 bits per heavy atom. The largest absolute Gasteiger partial charge is 0.0622 e. The van der Waals surface area contributed by atoms with Crippen molar-refractivity contribution in [1.82, 2.24) is 0 Å². The minimum atomic E-state index is 1.08. The maximum atomic E-state index is 2.39. The van der Waals surface area contributed by atoms with Crippen molar-refractivity contribution in [2.45, 2.75) is 39.5 Å². The molecule has 2 unspecified atom stereocenters. The molecule has 0 aromatic heterocycles. The van der Waals surface area contributed by atoms with Crippen molar-refractivity contribution in [3.05, 3.63) is 0 Å². The van der Waals surface area contributed by atoms with Crippen LogP contribution in [0.3, 0.4) is 0 Å². The molecule has 0 heteroatoms. The fourth-order valence-corrected chi connectivity index (χ4v) is 2.03. The van der Waals surface area contributed by atoms with Gasteiger partial charge in [0, 0.05) is 0 Å². The van der Waals surface area contributed by atoms with Crippen LogP contribution < -0.4 is 0 Å². The minimum absolute atomic E-state index is 1.08. The highest BCUT2D eigenvalue weighted by molar-refractivity contribution is 4.87. The van der Waals surface area contributed by atoms with Gasteiger partial charge in [0.05, 0.1) is 0 Å². The lowest BCUT2D eigenvalue weighted by Gasteiger charge is -1.94. The van der Waals surface area contributed by atoms with E-state index in [4.69, 9.17) is 0 Å². The van der Waals surface area contributed by atoms with E-state index in [1.165, 1.54) is 25.7 Å². The standard InChI is InChI=1S/C10H18/c1-7-5-9(7)3-4-10-6-8(10)2/h7-10H,3-6H2,1-2H3/t7-,8?,9-,10?/m0/s1. The summed E-state index contributed by atoms with van der Waals surface area (Å²) < 4.78 is 0. The third kappa shape index (κ3) is 1.36. The van der Waals surface area contributed by atoms with Gasteiger partial charge < -0.3 is 0 Å². The molecule has 2 aliphatic rings. The van der Waals surface area contributed by atoms with E-state index in [9.17, 15) is 0 Å². The molecule has 4 atom stereocenters. The molecule has 0 nitrogen and oxygen atoms in total. The summed E-state index contributed by atoms with van der Waals surface area (Å²) in [5, 5.41) is 0. The van der Waals surface area contributed by atoms with Crippen molar-refractivity contribution in [2.75, 3.05) is 0 Å². The lowest BCUT2D eigenvalue weighted by atomic mass is 10.1. The molecule has 0 radical (unpaired) electrons. The molecule has 10 heavy (non-hydrogen) atoms. The molecule has 0 aromatic rings. The van der Waals surface area contributed by atoms with Gasteiger partial charge in [-0.25, -0.2) is 0 Å². The summed E-state index contributed by atoms with van der Waals surface area (Å²) in [5.74, 6) is 4.42. The van der Waals surface area contributed by atoms with Crippen LogP contribution in [0.5, 0.6) is 0 Å². The third-order valence-corrected chi connectivity index (χ3v) is 3.46. The normalized spacial score (nSPS) is 51.0. The number of rotatable bonds is 3. The van der Waals surface area contributed by atoms with Crippen LogP contribution in [-0.2, 0) is 0 Å². The van der Waals surface area contributed by atoms with Gasteiger partial charge in [0.2, 0.25) is 0 Å². The Kier molecular flexibility index (Phi) is 1.51. The molecular formula is C10H18. The summed E-state index contributed by atoms with van der Waals surface area (Å²) in [6.45, 7) is 4.78. The molecule has 0 heterocycles. The molecule has 2 fully saturated rings. The third-order valence-electron chi connectivity index (χ3n) is 3.46. The van der Waals surface area contributed by atoms with E-state index in [0.29, 0.717) is 0 Å². The topological polar surface area (TPSA) is 0 Å². The molecule has 0 saturated heterocycles. The van der Waals surface area contributed by atoms with Gasteiger partial charge >= 0.3 is 0 Å². The summed E-state index contributed by atoms with van der Waals surface area (Å²) in [5.41, 5.74) is 0. The predicted molar refractivity (Wildman–Crippen MR) is 43.8 cm³/mol. The Balaban J connectivity index is 1.57. The molecule has 58 valence electrons. The zero-order chi connectivity index (χ0) is 7.14. The monoisotopic (exact) mass is 138 g/mol. The van der Waals surface area contributed by atoms with Crippen LogP contribution in [0.15, 0.2) is 0 Å². The van der Waals surface area contributed by atoms with Crippen molar-refractivity contribution in [3.63, 3.8) is 0 Å². The van der Waals surface area contributed by atoms with Crippen LogP contribution in [0.2, 0.25) is 0 Å². The lowest BCUT2D eigenvalue weighted by Crippen LogP contribution is -1.83. The Hall–Kier alpha value is 0.